The molecule has 6 rings (SSSR count). The van der Waals surface area contributed by atoms with Gasteiger partial charge >= 0.3 is 0 Å². The zero-order valence-corrected chi connectivity index (χ0v) is 41.1. The molecule has 0 amide bonds. The molecule has 4 aromatic carbocycles. The van der Waals surface area contributed by atoms with Crippen molar-refractivity contribution < 1.29 is 4.74 Å². The zero-order chi connectivity index (χ0) is 43.1. The monoisotopic (exact) mass is 793 g/mol. The molecule has 0 fully saturated rings. The van der Waals surface area contributed by atoms with Crippen LogP contribution in [0.3, 0.4) is 0 Å². The van der Waals surface area contributed by atoms with Gasteiger partial charge in [0.25, 0.3) is 0 Å². The first-order chi connectivity index (χ1) is 26.8. The van der Waals surface area contributed by atoms with Gasteiger partial charge in [0.1, 0.15) is 5.75 Å². The summed E-state index contributed by atoms with van der Waals surface area (Å²) in [5, 5.41) is 0. The van der Waals surface area contributed by atoms with E-state index in [-0.39, 0.29) is 10.8 Å². The number of rotatable bonds is 9. The van der Waals surface area contributed by atoms with Crippen LogP contribution in [-0.4, -0.2) is 15.2 Å². The molecule has 0 saturated heterocycles. The van der Waals surface area contributed by atoms with E-state index in [2.05, 4.69) is 191 Å². The Bertz CT molecular complexity index is 2250. The molecular formula is C56H76OSi. The van der Waals surface area contributed by atoms with E-state index < -0.39 is 8.07 Å². The van der Waals surface area contributed by atoms with Crippen molar-refractivity contribution in [1.29, 1.82) is 0 Å². The topological polar surface area (TPSA) is 9.23 Å². The highest BCUT2D eigenvalue weighted by atomic mass is 28.3. The summed E-state index contributed by atoms with van der Waals surface area (Å²) in [6.45, 7) is 45.6. The minimum atomic E-state index is -2.22. The highest BCUT2D eigenvalue weighted by molar-refractivity contribution is 6.81. The highest BCUT2D eigenvalue weighted by Gasteiger charge is 2.49. The van der Waals surface area contributed by atoms with Crippen molar-refractivity contribution >= 4 is 20.2 Å². The van der Waals surface area contributed by atoms with Crippen LogP contribution in [0.4, 0.5) is 0 Å². The van der Waals surface area contributed by atoms with Crippen LogP contribution in [0.25, 0.3) is 34.4 Å². The zero-order valence-electron chi connectivity index (χ0n) is 40.1. The molecule has 0 heterocycles. The summed E-state index contributed by atoms with van der Waals surface area (Å²) in [7, 11) is -0.331. The van der Waals surface area contributed by atoms with Gasteiger partial charge in [-0.2, -0.15) is 0 Å². The number of methoxy groups -OCH3 is 1. The minimum absolute atomic E-state index is 0.0132. The van der Waals surface area contributed by atoms with Crippen LogP contribution in [-0.2, 0) is 10.8 Å². The van der Waals surface area contributed by atoms with Crippen LogP contribution in [0, 0.1) is 6.92 Å². The second-order valence-corrected chi connectivity index (χ2v) is 26.9. The van der Waals surface area contributed by atoms with Gasteiger partial charge in [0.2, 0.25) is 0 Å². The molecule has 58 heavy (non-hydrogen) atoms. The smallest absolute Gasteiger partial charge is 0.131 e. The van der Waals surface area contributed by atoms with E-state index in [0.29, 0.717) is 34.8 Å². The number of benzene rings is 4. The van der Waals surface area contributed by atoms with Crippen molar-refractivity contribution in [2.45, 2.75) is 176 Å². The summed E-state index contributed by atoms with van der Waals surface area (Å²) in [4.78, 5) is 0. The van der Waals surface area contributed by atoms with Crippen LogP contribution in [0.1, 0.15) is 207 Å². The number of fused-ring (bicyclic) bond motifs is 2. The largest absolute Gasteiger partial charge is 0.496 e. The molecule has 0 radical (unpaired) electrons. The molecular weight excluding hydrogens is 717 g/mol. The predicted molar refractivity (Wildman–Crippen MR) is 259 cm³/mol. The third-order valence-corrected chi connectivity index (χ3v) is 18.3. The van der Waals surface area contributed by atoms with Crippen molar-refractivity contribution in [2.75, 3.05) is 7.11 Å². The average molecular weight is 793 g/mol. The van der Waals surface area contributed by atoms with Gasteiger partial charge in [0.05, 0.1) is 15.2 Å². The maximum atomic E-state index is 6.53. The number of ether oxygens (including phenoxy) is 1. The lowest BCUT2D eigenvalue weighted by Gasteiger charge is -2.40. The van der Waals surface area contributed by atoms with Crippen LogP contribution in [0.5, 0.6) is 5.75 Å². The van der Waals surface area contributed by atoms with Crippen LogP contribution < -0.4 is 4.74 Å². The molecule has 1 nitrogen and oxygen atoms in total. The van der Waals surface area contributed by atoms with Crippen LogP contribution >= 0.6 is 0 Å². The fourth-order valence-corrected chi connectivity index (χ4v) is 15.7. The van der Waals surface area contributed by atoms with E-state index in [1.165, 1.54) is 89.0 Å². The standard InChI is InChI=1S/C56H76OSi/c1-31(2)38-23-39(32(3)4)26-42(25-38)50-37(11)48(55(12,13)14)29-46-44(50)21-35(9)53(46)58(19,20)54-36(10)22-45-47(54)30-49(56(15,16)17)52(57-18)51(45)43-27-40(33(5)6)24-41(28-43)34(7)8/h21-34,53-54H,1-20H3. The molecule has 2 heteroatoms. The highest BCUT2D eigenvalue weighted by Crippen LogP contribution is 2.58. The molecule has 0 bridgehead atoms. The van der Waals surface area contributed by atoms with E-state index in [9.17, 15) is 0 Å². The third kappa shape index (κ3) is 7.66. The fraction of sp³-hybridized carbons (Fsp3) is 0.500. The number of allylic oxidation sites excluding steroid dienone is 2. The summed E-state index contributed by atoms with van der Waals surface area (Å²) in [5.41, 5.74) is 24.9. The summed E-state index contributed by atoms with van der Waals surface area (Å²) in [5.74, 6) is 2.85. The summed E-state index contributed by atoms with van der Waals surface area (Å²) in [6, 6.07) is 20.0. The summed E-state index contributed by atoms with van der Waals surface area (Å²) in [6.07, 6.45) is 5.15. The first kappa shape index (κ1) is 43.9. The van der Waals surface area contributed by atoms with Crippen molar-refractivity contribution in [2.24, 2.45) is 0 Å². The maximum Gasteiger partial charge on any atom is 0.131 e. The SMILES string of the molecule is COc1c(C(C)(C)C)cc2c(c1-c1cc(C(C)C)cc(C(C)C)c1)C=C(C)C2[Si](C)(C)C1C(C)=Cc2c1cc(C(C)(C)C)c(C)c2-c1cc(C(C)C)cc(C(C)C)c1. The van der Waals surface area contributed by atoms with Gasteiger partial charge in [-0.25, -0.2) is 0 Å². The number of hydrogen-bond donors (Lipinski definition) is 0. The molecule has 0 spiro atoms. The Hall–Kier alpha value is -3.62. The van der Waals surface area contributed by atoms with E-state index in [1.54, 1.807) is 5.56 Å². The van der Waals surface area contributed by atoms with E-state index in [1.807, 2.05) is 7.11 Å². The normalized spacial score (nSPS) is 17.1. The van der Waals surface area contributed by atoms with Gasteiger partial charge in [0.15, 0.2) is 0 Å². The molecule has 4 aromatic rings. The summed E-state index contributed by atoms with van der Waals surface area (Å²) < 4.78 is 6.53. The van der Waals surface area contributed by atoms with E-state index in [0.717, 1.165) is 5.75 Å². The first-order valence-corrected chi connectivity index (χ1v) is 25.5. The van der Waals surface area contributed by atoms with Crippen LogP contribution in [0.15, 0.2) is 59.7 Å². The van der Waals surface area contributed by atoms with Crippen molar-refractivity contribution in [3.05, 3.63) is 121 Å². The van der Waals surface area contributed by atoms with Gasteiger partial charge in [-0.05, 0) is 128 Å². The van der Waals surface area contributed by atoms with Gasteiger partial charge in [0, 0.05) is 22.2 Å². The predicted octanol–water partition coefficient (Wildman–Crippen LogP) is 16.9. The Balaban J connectivity index is 1.64. The average Bonchev–Trinajstić information content (AvgIpc) is 3.64. The second kappa shape index (κ2) is 15.4. The van der Waals surface area contributed by atoms with Crippen molar-refractivity contribution in [3.63, 3.8) is 0 Å². The Labute approximate surface area is 355 Å². The lowest BCUT2D eigenvalue weighted by atomic mass is 9.78. The molecule has 2 aliphatic rings. The molecule has 0 saturated carbocycles. The molecule has 2 aliphatic carbocycles. The van der Waals surface area contributed by atoms with Gasteiger partial charge in [-0.1, -0.05) is 182 Å². The summed E-state index contributed by atoms with van der Waals surface area (Å²) >= 11 is 0. The van der Waals surface area contributed by atoms with E-state index >= 15 is 0 Å². The molecule has 0 aromatic heterocycles. The lowest BCUT2D eigenvalue weighted by molar-refractivity contribution is 0.399. The van der Waals surface area contributed by atoms with Crippen molar-refractivity contribution in [3.8, 4) is 28.0 Å². The van der Waals surface area contributed by atoms with E-state index in [4.69, 9.17) is 4.74 Å². The van der Waals surface area contributed by atoms with Crippen LogP contribution in [0.2, 0.25) is 13.1 Å². The Kier molecular flexibility index (Phi) is 11.7. The van der Waals surface area contributed by atoms with Crippen molar-refractivity contribution in [1.82, 2.24) is 0 Å². The molecule has 2 atom stereocenters. The maximum absolute atomic E-state index is 6.53. The molecule has 310 valence electrons. The Morgan fingerprint density at radius 2 is 0.845 bits per heavy atom. The molecule has 0 aliphatic heterocycles. The lowest BCUT2D eigenvalue weighted by Crippen LogP contribution is -2.42. The molecule has 2 unspecified atom stereocenters. The van der Waals surface area contributed by atoms with Gasteiger partial charge in [-0.3, -0.25) is 0 Å². The fourth-order valence-electron chi connectivity index (χ4n) is 10.7. The van der Waals surface area contributed by atoms with Gasteiger partial charge in [-0.15, -0.1) is 0 Å². The molecule has 0 N–H and O–H groups in total. The minimum Gasteiger partial charge on any atom is -0.496 e. The number of hydrogen-bond acceptors (Lipinski definition) is 1. The van der Waals surface area contributed by atoms with Gasteiger partial charge < -0.3 is 4.74 Å². The first-order valence-electron chi connectivity index (χ1n) is 22.4. The Morgan fingerprint density at radius 3 is 1.19 bits per heavy atom. The second-order valence-electron chi connectivity index (χ2n) is 22.1. The third-order valence-electron chi connectivity index (χ3n) is 13.8. The Morgan fingerprint density at radius 1 is 0.500 bits per heavy atom. The quantitative estimate of drug-likeness (QED) is 0.153.